The molecule has 0 unspecified atom stereocenters. The van der Waals surface area contributed by atoms with Crippen LogP contribution in [0.5, 0.6) is 0 Å². The van der Waals surface area contributed by atoms with Gasteiger partial charge in [0.15, 0.2) is 0 Å². The number of carbonyl (C=O) groups is 1. The van der Waals surface area contributed by atoms with Gasteiger partial charge in [0.2, 0.25) is 0 Å². The van der Waals surface area contributed by atoms with Gasteiger partial charge in [-0.05, 0) is 26.2 Å². The van der Waals surface area contributed by atoms with E-state index in [1.54, 1.807) is 6.92 Å². The van der Waals surface area contributed by atoms with Crippen molar-refractivity contribution in [3.63, 3.8) is 0 Å². The van der Waals surface area contributed by atoms with Crippen molar-refractivity contribution in [1.29, 1.82) is 0 Å². The number of carbonyl (C=O) groups excluding carboxylic acids is 1. The minimum absolute atomic E-state index is 0.0462. The van der Waals surface area contributed by atoms with Crippen molar-refractivity contribution in [2.75, 3.05) is 19.8 Å². The minimum Gasteiger partial charge on any atom is -0.394 e. The van der Waals surface area contributed by atoms with Crippen molar-refractivity contribution in [1.82, 2.24) is 0 Å². The van der Waals surface area contributed by atoms with Gasteiger partial charge in [-0.15, -0.1) is 0 Å². The molecule has 3 heteroatoms. The van der Waals surface area contributed by atoms with Gasteiger partial charge < -0.3 is 9.84 Å². The Labute approximate surface area is 72.7 Å². The van der Waals surface area contributed by atoms with Crippen LogP contribution < -0.4 is 0 Å². The molecule has 0 radical (unpaired) electrons. The van der Waals surface area contributed by atoms with E-state index in [0.717, 1.165) is 19.3 Å². The number of hydrogen-bond donors (Lipinski definition) is 1. The highest BCUT2D eigenvalue weighted by atomic mass is 16.5. The zero-order chi connectivity index (χ0) is 9.03. The molecule has 0 aromatic rings. The molecular weight excluding hydrogens is 156 g/mol. The average Bonchev–Trinajstić information content (AvgIpc) is 2.79. The van der Waals surface area contributed by atoms with E-state index in [1.807, 2.05) is 0 Å². The smallest absolute Gasteiger partial charge is 0.136 e. The molecule has 0 spiro atoms. The molecule has 0 aromatic carbocycles. The maximum atomic E-state index is 11.1. The number of aliphatic hydroxyl groups is 1. The molecule has 0 aliphatic heterocycles. The number of Topliss-reactive ketones (excluding diaryl/α,β-unsaturated/α-hetero) is 1. The van der Waals surface area contributed by atoms with Gasteiger partial charge in [-0.2, -0.15) is 0 Å². The van der Waals surface area contributed by atoms with E-state index in [0.29, 0.717) is 13.2 Å². The highest BCUT2D eigenvalue weighted by molar-refractivity contribution is 5.84. The summed E-state index contributed by atoms with van der Waals surface area (Å²) in [5, 5.41) is 8.43. The van der Waals surface area contributed by atoms with Gasteiger partial charge >= 0.3 is 0 Å². The highest BCUT2D eigenvalue weighted by Gasteiger charge is 2.46. The Morgan fingerprint density at radius 3 is 2.58 bits per heavy atom. The summed E-state index contributed by atoms with van der Waals surface area (Å²) in [6.07, 6.45) is 2.86. The van der Waals surface area contributed by atoms with Gasteiger partial charge in [0.25, 0.3) is 0 Å². The summed E-state index contributed by atoms with van der Waals surface area (Å²) in [5.74, 6) is 0.287. The van der Waals surface area contributed by atoms with Crippen molar-refractivity contribution in [2.24, 2.45) is 5.41 Å². The second-order valence-corrected chi connectivity index (χ2v) is 3.42. The van der Waals surface area contributed by atoms with E-state index < -0.39 is 0 Å². The minimum atomic E-state index is -0.0462. The third kappa shape index (κ3) is 2.29. The third-order valence-corrected chi connectivity index (χ3v) is 2.56. The normalized spacial score (nSPS) is 19.2. The second-order valence-electron chi connectivity index (χ2n) is 3.42. The molecule has 0 amide bonds. The predicted octanol–water partition coefficient (Wildman–Crippen LogP) is 0.755. The number of ketones is 1. The first-order chi connectivity index (χ1) is 5.71. The fourth-order valence-electron chi connectivity index (χ4n) is 1.36. The Morgan fingerprint density at radius 2 is 2.17 bits per heavy atom. The van der Waals surface area contributed by atoms with E-state index in [-0.39, 0.29) is 17.8 Å². The van der Waals surface area contributed by atoms with Crippen molar-refractivity contribution in [3.05, 3.63) is 0 Å². The van der Waals surface area contributed by atoms with Crippen LogP contribution in [0.3, 0.4) is 0 Å². The Morgan fingerprint density at radius 1 is 1.50 bits per heavy atom. The molecule has 0 bridgehead atoms. The van der Waals surface area contributed by atoms with Crippen LogP contribution in [0.15, 0.2) is 0 Å². The van der Waals surface area contributed by atoms with Gasteiger partial charge in [-0.1, -0.05) is 0 Å². The third-order valence-electron chi connectivity index (χ3n) is 2.56. The Kier molecular flexibility index (Phi) is 3.23. The molecule has 1 N–H and O–H groups in total. The standard InChI is InChI=1S/C9H16O3/c1-8(11)9(2-3-9)4-6-12-7-5-10/h10H,2-7H2,1H3. The van der Waals surface area contributed by atoms with Crippen LogP contribution in [0.2, 0.25) is 0 Å². The predicted molar refractivity (Wildman–Crippen MR) is 44.9 cm³/mol. The van der Waals surface area contributed by atoms with E-state index in [9.17, 15) is 4.79 Å². The average molecular weight is 172 g/mol. The maximum absolute atomic E-state index is 11.1. The number of rotatable bonds is 6. The van der Waals surface area contributed by atoms with E-state index >= 15 is 0 Å². The Bertz CT molecular complexity index is 161. The van der Waals surface area contributed by atoms with E-state index in [4.69, 9.17) is 9.84 Å². The molecule has 0 saturated heterocycles. The first-order valence-corrected chi connectivity index (χ1v) is 4.41. The van der Waals surface area contributed by atoms with Crippen LogP contribution in [-0.4, -0.2) is 30.7 Å². The monoisotopic (exact) mass is 172 g/mol. The molecule has 0 heterocycles. The lowest BCUT2D eigenvalue weighted by atomic mass is 9.99. The lowest BCUT2D eigenvalue weighted by Gasteiger charge is -2.10. The van der Waals surface area contributed by atoms with Crippen LogP contribution in [0.1, 0.15) is 26.2 Å². The first-order valence-electron chi connectivity index (χ1n) is 4.41. The number of hydrogen-bond acceptors (Lipinski definition) is 3. The molecule has 1 fully saturated rings. The molecule has 3 nitrogen and oxygen atoms in total. The quantitative estimate of drug-likeness (QED) is 0.601. The molecule has 1 aliphatic carbocycles. The molecule has 1 rings (SSSR count). The Balaban J connectivity index is 2.10. The zero-order valence-electron chi connectivity index (χ0n) is 7.51. The Hall–Kier alpha value is -0.410. The first kappa shape index (κ1) is 9.68. The van der Waals surface area contributed by atoms with Crippen molar-refractivity contribution in [3.8, 4) is 0 Å². The summed E-state index contributed by atoms with van der Waals surface area (Å²) in [7, 11) is 0. The number of aliphatic hydroxyl groups excluding tert-OH is 1. The molecule has 1 aliphatic rings. The van der Waals surface area contributed by atoms with Crippen LogP contribution in [0, 0.1) is 5.41 Å². The molecule has 12 heavy (non-hydrogen) atoms. The summed E-state index contributed by atoms with van der Waals surface area (Å²) in [4.78, 5) is 11.1. The van der Waals surface area contributed by atoms with Crippen molar-refractivity contribution >= 4 is 5.78 Å². The van der Waals surface area contributed by atoms with Crippen LogP contribution >= 0.6 is 0 Å². The van der Waals surface area contributed by atoms with Crippen LogP contribution in [-0.2, 0) is 9.53 Å². The molecule has 1 saturated carbocycles. The molecule has 0 aromatic heterocycles. The zero-order valence-corrected chi connectivity index (χ0v) is 7.51. The summed E-state index contributed by atoms with van der Waals surface area (Å²) >= 11 is 0. The van der Waals surface area contributed by atoms with E-state index in [2.05, 4.69) is 0 Å². The molecular formula is C9H16O3. The molecule has 70 valence electrons. The second kappa shape index (κ2) is 4.01. The molecule has 0 atom stereocenters. The fraction of sp³-hybridized carbons (Fsp3) is 0.889. The van der Waals surface area contributed by atoms with E-state index in [1.165, 1.54) is 0 Å². The van der Waals surface area contributed by atoms with Gasteiger partial charge in [-0.3, -0.25) is 4.79 Å². The van der Waals surface area contributed by atoms with Crippen molar-refractivity contribution < 1.29 is 14.6 Å². The highest BCUT2D eigenvalue weighted by Crippen LogP contribution is 2.49. The summed E-state index contributed by atoms with van der Waals surface area (Å²) in [5.41, 5.74) is -0.0462. The van der Waals surface area contributed by atoms with Crippen LogP contribution in [0.25, 0.3) is 0 Å². The van der Waals surface area contributed by atoms with Crippen molar-refractivity contribution in [2.45, 2.75) is 26.2 Å². The summed E-state index contributed by atoms with van der Waals surface area (Å²) in [6.45, 7) is 2.69. The fourth-order valence-corrected chi connectivity index (χ4v) is 1.36. The SMILES string of the molecule is CC(=O)C1(CCOCCO)CC1. The van der Waals surface area contributed by atoms with Gasteiger partial charge in [0, 0.05) is 12.0 Å². The van der Waals surface area contributed by atoms with Gasteiger partial charge in [-0.25, -0.2) is 0 Å². The maximum Gasteiger partial charge on any atom is 0.136 e. The van der Waals surface area contributed by atoms with Gasteiger partial charge in [0.1, 0.15) is 5.78 Å². The summed E-state index contributed by atoms with van der Waals surface area (Å²) < 4.78 is 5.11. The lowest BCUT2D eigenvalue weighted by Crippen LogP contribution is -2.15. The topological polar surface area (TPSA) is 46.5 Å². The number of ether oxygens (including phenoxy) is 1. The summed E-state index contributed by atoms with van der Waals surface area (Å²) in [6, 6.07) is 0. The van der Waals surface area contributed by atoms with Gasteiger partial charge in [0.05, 0.1) is 13.2 Å². The lowest BCUT2D eigenvalue weighted by molar-refractivity contribution is -0.122. The largest absolute Gasteiger partial charge is 0.394 e. The van der Waals surface area contributed by atoms with Crippen LogP contribution in [0.4, 0.5) is 0 Å².